The summed E-state index contributed by atoms with van der Waals surface area (Å²) < 4.78 is 65.5. The molecular weight excluding hydrogens is 329 g/mol. The Bertz CT molecular complexity index is 626. The van der Waals surface area contributed by atoms with Crippen LogP contribution in [-0.2, 0) is 6.42 Å². The topological polar surface area (TPSA) is 21.3 Å². The predicted molar refractivity (Wildman–Crippen MR) is 81.3 cm³/mol. The lowest BCUT2D eigenvalue weighted by atomic mass is 10.1. The van der Waals surface area contributed by atoms with E-state index >= 15 is 0 Å². The van der Waals surface area contributed by atoms with Crippen LogP contribution in [0, 0.1) is 0 Å². The number of ether oxygens (including phenoxy) is 1. The summed E-state index contributed by atoms with van der Waals surface area (Å²) in [5.74, 6) is -0.525. The van der Waals surface area contributed by atoms with E-state index in [9.17, 15) is 22.0 Å². The molecule has 0 fully saturated rings. The van der Waals surface area contributed by atoms with Gasteiger partial charge in [0.25, 0.3) is 0 Å². The predicted octanol–water partition coefficient (Wildman–Crippen LogP) is 5.27. The number of rotatable bonds is 7. The van der Waals surface area contributed by atoms with Crippen molar-refractivity contribution in [2.75, 3.05) is 11.9 Å². The zero-order valence-corrected chi connectivity index (χ0v) is 12.6. The third kappa shape index (κ3) is 5.11. The van der Waals surface area contributed by atoms with Crippen molar-refractivity contribution < 1.29 is 26.7 Å². The van der Waals surface area contributed by atoms with Crippen LogP contribution in [0.2, 0.25) is 0 Å². The largest absolute Gasteiger partial charge is 0.499 e. The molecule has 2 aromatic carbocycles. The van der Waals surface area contributed by atoms with Crippen LogP contribution in [0.15, 0.2) is 54.6 Å². The van der Waals surface area contributed by atoms with Crippen molar-refractivity contribution in [2.45, 2.75) is 25.1 Å². The zero-order valence-electron chi connectivity index (χ0n) is 12.6. The van der Waals surface area contributed by atoms with Gasteiger partial charge >= 0.3 is 12.3 Å². The Morgan fingerprint density at radius 3 is 2.04 bits per heavy atom. The molecule has 0 saturated heterocycles. The van der Waals surface area contributed by atoms with Crippen LogP contribution in [0.25, 0.3) is 0 Å². The van der Waals surface area contributed by atoms with Crippen LogP contribution in [0.4, 0.5) is 27.6 Å². The highest BCUT2D eigenvalue weighted by atomic mass is 19.4. The number of hydrogen-bond acceptors (Lipinski definition) is 2. The van der Waals surface area contributed by atoms with E-state index in [-0.39, 0.29) is 0 Å². The minimum Gasteiger partial charge on any atom is -0.426 e. The van der Waals surface area contributed by atoms with Crippen LogP contribution < -0.4 is 10.1 Å². The van der Waals surface area contributed by atoms with E-state index in [2.05, 4.69) is 10.1 Å². The Morgan fingerprint density at radius 2 is 1.46 bits per heavy atom. The Balaban J connectivity index is 1.80. The van der Waals surface area contributed by atoms with Crippen molar-refractivity contribution >= 4 is 5.69 Å². The summed E-state index contributed by atoms with van der Waals surface area (Å²) >= 11 is 0. The molecule has 0 unspecified atom stereocenters. The molecule has 0 aliphatic carbocycles. The van der Waals surface area contributed by atoms with Crippen molar-refractivity contribution in [3.05, 3.63) is 60.2 Å². The molecule has 0 spiro atoms. The van der Waals surface area contributed by atoms with Gasteiger partial charge in [0.05, 0.1) is 0 Å². The van der Waals surface area contributed by atoms with Gasteiger partial charge < -0.3 is 10.1 Å². The first-order valence-electron chi connectivity index (χ1n) is 7.29. The normalized spacial score (nSPS) is 12.0. The Labute approximate surface area is 136 Å². The second kappa shape index (κ2) is 7.51. The molecule has 130 valence electrons. The van der Waals surface area contributed by atoms with Gasteiger partial charge in [-0.15, -0.1) is 0 Å². The maximum absolute atomic E-state index is 12.8. The molecule has 0 aliphatic heterocycles. The molecule has 0 atom stereocenters. The summed E-state index contributed by atoms with van der Waals surface area (Å²) in [6.07, 6.45) is -9.49. The summed E-state index contributed by atoms with van der Waals surface area (Å²) in [6.45, 7) is 0.717. The third-order valence-electron chi connectivity index (χ3n) is 3.24. The lowest BCUT2D eigenvalue weighted by Crippen LogP contribution is -2.41. The van der Waals surface area contributed by atoms with Crippen molar-refractivity contribution in [3.63, 3.8) is 0 Å². The van der Waals surface area contributed by atoms with E-state index in [1.54, 1.807) is 0 Å². The second-order valence-corrected chi connectivity index (χ2v) is 5.16. The number of hydrogen-bond donors (Lipinski definition) is 1. The van der Waals surface area contributed by atoms with E-state index in [0.717, 1.165) is 29.8 Å². The lowest BCUT2D eigenvalue weighted by Gasteiger charge is -2.20. The first kappa shape index (κ1) is 18.0. The second-order valence-electron chi connectivity index (χ2n) is 5.16. The highest BCUT2D eigenvalue weighted by molar-refractivity contribution is 5.42. The van der Waals surface area contributed by atoms with Gasteiger partial charge in [0.15, 0.2) is 0 Å². The molecule has 0 aromatic heterocycles. The monoisotopic (exact) mass is 345 g/mol. The molecule has 0 radical (unpaired) electrons. The minimum atomic E-state index is -5.74. The number of halogens is 5. The van der Waals surface area contributed by atoms with Crippen molar-refractivity contribution in [1.82, 2.24) is 0 Å². The SMILES string of the molecule is FC(F)(F)C(F)(F)Oc1ccc(CCCNc2ccccc2)cc1. The molecule has 2 rings (SSSR count). The summed E-state index contributed by atoms with van der Waals surface area (Å²) in [4.78, 5) is 0. The van der Waals surface area contributed by atoms with Gasteiger partial charge in [0, 0.05) is 12.2 Å². The fraction of sp³-hybridized carbons (Fsp3) is 0.294. The molecule has 0 bridgehead atoms. The maximum atomic E-state index is 12.8. The van der Waals surface area contributed by atoms with Crippen molar-refractivity contribution in [1.29, 1.82) is 0 Å². The van der Waals surface area contributed by atoms with Crippen LogP contribution in [0.3, 0.4) is 0 Å². The van der Waals surface area contributed by atoms with E-state index in [1.807, 2.05) is 30.3 Å². The van der Waals surface area contributed by atoms with Crippen LogP contribution >= 0.6 is 0 Å². The molecule has 0 saturated carbocycles. The van der Waals surface area contributed by atoms with Crippen LogP contribution in [0.5, 0.6) is 5.75 Å². The summed E-state index contributed by atoms with van der Waals surface area (Å²) in [7, 11) is 0. The molecule has 1 N–H and O–H groups in total. The highest BCUT2D eigenvalue weighted by Crippen LogP contribution is 2.37. The van der Waals surface area contributed by atoms with E-state index in [0.29, 0.717) is 13.0 Å². The van der Waals surface area contributed by atoms with Gasteiger partial charge in [-0.3, -0.25) is 0 Å². The quantitative estimate of drug-likeness (QED) is 0.546. The highest BCUT2D eigenvalue weighted by Gasteiger charge is 2.61. The van der Waals surface area contributed by atoms with Crippen molar-refractivity contribution in [3.8, 4) is 5.75 Å². The van der Waals surface area contributed by atoms with Crippen LogP contribution in [0.1, 0.15) is 12.0 Å². The molecule has 7 heteroatoms. The fourth-order valence-corrected chi connectivity index (χ4v) is 2.01. The number of benzene rings is 2. The number of anilines is 1. The van der Waals surface area contributed by atoms with Gasteiger partial charge in [0.2, 0.25) is 0 Å². The maximum Gasteiger partial charge on any atom is 0.499 e. The van der Waals surface area contributed by atoms with E-state index < -0.39 is 18.0 Å². The van der Waals surface area contributed by atoms with E-state index in [4.69, 9.17) is 0 Å². The smallest absolute Gasteiger partial charge is 0.426 e. The van der Waals surface area contributed by atoms with Crippen molar-refractivity contribution in [2.24, 2.45) is 0 Å². The standard InChI is InChI=1S/C17H16F5NO/c18-16(19,20)17(21,22)24-15-10-8-13(9-11-15)5-4-12-23-14-6-2-1-3-7-14/h1-3,6-11,23H,4-5,12H2. The van der Waals surface area contributed by atoms with Gasteiger partial charge in [0.1, 0.15) is 5.75 Å². The zero-order chi connectivity index (χ0) is 17.6. The number of nitrogens with one attached hydrogen (secondary N) is 1. The fourth-order valence-electron chi connectivity index (χ4n) is 2.01. The summed E-state index contributed by atoms with van der Waals surface area (Å²) in [5.41, 5.74) is 1.82. The number of aryl methyl sites for hydroxylation is 1. The molecule has 0 aliphatic rings. The molecule has 2 nitrogen and oxygen atoms in total. The van der Waals surface area contributed by atoms with Gasteiger partial charge in [-0.05, 0) is 42.7 Å². The Hall–Kier alpha value is -2.31. The van der Waals surface area contributed by atoms with Crippen LogP contribution in [-0.4, -0.2) is 18.8 Å². The Kier molecular flexibility index (Phi) is 5.64. The molecule has 0 amide bonds. The third-order valence-corrected chi connectivity index (χ3v) is 3.24. The Morgan fingerprint density at radius 1 is 0.833 bits per heavy atom. The average Bonchev–Trinajstić information content (AvgIpc) is 2.53. The van der Waals surface area contributed by atoms with E-state index in [1.165, 1.54) is 12.1 Å². The number of alkyl halides is 5. The average molecular weight is 345 g/mol. The van der Waals surface area contributed by atoms with Gasteiger partial charge in [-0.2, -0.15) is 22.0 Å². The summed E-state index contributed by atoms with van der Waals surface area (Å²) in [5, 5.41) is 3.23. The molecule has 2 aromatic rings. The molecule has 0 heterocycles. The first-order chi connectivity index (χ1) is 11.3. The lowest BCUT2D eigenvalue weighted by molar-refractivity contribution is -0.360. The number of para-hydroxylation sites is 1. The molecule has 24 heavy (non-hydrogen) atoms. The van der Waals surface area contributed by atoms with Gasteiger partial charge in [-0.25, -0.2) is 0 Å². The molecular formula is C17H16F5NO. The minimum absolute atomic E-state index is 0.525. The van der Waals surface area contributed by atoms with Gasteiger partial charge in [-0.1, -0.05) is 30.3 Å². The summed E-state index contributed by atoms with van der Waals surface area (Å²) in [6, 6.07) is 14.8. The first-order valence-corrected chi connectivity index (χ1v) is 7.29.